The third-order valence-electron chi connectivity index (χ3n) is 3.39. The van der Waals surface area contributed by atoms with Crippen LogP contribution in [0.5, 0.6) is 0 Å². The number of hydrogen-bond donors (Lipinski definition) is 1. The second-order valence-corrected chi connectivity index (χ2v) is 5.37. The predicted octanol–water partition coefficient (Wildman–Crippen LogP) is 3.23. The highest BCUT2D eigenvalue weighted by Crippen LogP contribution is 2.31. The third-order valence-corrected chi connectivity index (χ3v) is 4.03. The van der Waals surface area contributed by atoms with Crippen LogP contribution in [-0.2, 0) is 13.0 Å². The number of rotatable bonds is 3. The summed E-state index contributed by atoms with van der Waals surface area (Å²) in [5, 5.41) is 5.72. The van der Waals surface area contributed by atoms with E-state index in [1.165, 1.54) is 29.5 Å². The Hall–Kier alpha value is -1.19. The number of benzene rings is 1. The molecule has 1 unspecified atom stereocenters. The Kier molecular flexibility index (Phi) is 2.95. The monoisotopic (exact) mass is 244 g/mol. The van der Waals surface area contributed by atoms with Crippen molar-refractivity contribution in [2.75, 3.05) is 0 Å². The van der Waals surface area contributed by atoms with Crippen LogP contribution in [0.15, 0.2) is 29.1 Å². The Labute approximate surface area is 106 Å². The summed E-state index contributed by atoms with van der Waals surface area (Å²) >= 11 is 1.66. The summed E-state index contributed by atoms with van der Waals surface area (Å²) in [4.78, 5) is 4.31. The van der Waals surface area contributed by atoms with Crippen molar-refractivity contribution in [2.24, 2.45) is 0 Å². The molecule has 0 aliphatic heterocycles. The van der Waals surface area contributed by atoms with E-state index in [2.05, 4.69) is 40.8 Å². The van der Waals surface area contributed by atoms with E-state index in [1.807, 2.05) is 5.51 Å². The fourth-order valence-electron chi connectivity index (χ4n) is 2.49. The molecular formula is C14H16N2S. The summed E-state index contributed by atoms with van der Waals surface area (Å²) in [5.41, 5.74) is 7.39. The maximum atomic E-state index is 4.31. The number of aromatic nitrogens is 1. The minimum absolute atomic E-state index is 0.506. The number of hydrogen-bond acceptors (Lipinski definition) is 3. The highest BCUT2D eigenvalue weighted by molar-refractivity contribution is 7.07. The zero-order valence-electron chi connectivity index (χ0n) is 9.94. The molecule has 2 aromatic rings. The second-order valence-electron chi connectivity index (χ2n) is 4.65. The second kappa shape index (κ2) is 4.59. The quantitative estimate of drug-likeness (QED) is 0.896. The van der Waals surface area contributed by atoms with E-state index in [1.54, 1.807) is 11.3 Å². The molecule has 0 bridgehead atoms. The smallest absolute Gasteiger partial charge is 0.0795 e. The first kappa shape index (κ1) is 10.9. The number of nitrogens with zero attached hydrogens (tertiary/aromatic N) is 1. The number of nitrogens with one attached hydrogen (secondary N) is 1. The predicted molar refractivity (Wildman–Crippen MR) is 71.2 cm³/mol. The van der Waals surface area contributed by atoms with E-state index >= 15 is 0 Å². The van der Waals surface area contributed by atoms with Gasteiger partial charge in [-0.1, -0.05) is 23.8 Å². The van der Waals surface area contributed by atoms with Crippen LogP contribution in [0.25, 0.3) is 0 Å². The van der Waals surface area contributed by atoms with Gasteiger partial charge in [-0.3, -0.25) is 0 Å². The molecule has 17 heavy (non-hydrogen) atoms. The lowest BCUT2D eigenvalue weighted by atomic mass is 10.1. The van der Waals surface area contributed by atoms with Crippen LogP contribution in [0.2, 0.25) is 0 Å². The minimum atomic E-state index is 0.506. The van der Waals surface area contributed by atoms with Crippen LogP contribution in [-0.4, -0.2) is 4.98 Å². The molecule has 1 atom stereocenters. The molecule has 0 radical (unpaired) electrons. The Morgan fingerprint density at radius 2 is 2.41 bits per heavy atom. The first-order valence-corrected chi connectivity index (χ1v) is 6.97. The van der Waals surface area contributed by atoms with E-state index in [9.17, 15) is 0 Å². The van der Waals surface area contributed by atoms with Gasteiger partial charge in [0.05, 0.1) is 11.2 Å². The Bertz CT molecular complexity index is 505. The van der Waals surface area contributed by atoms with Gasteiger partial charge in [-0.2, -0.15) is 0 Å². The number of thiazole rings is 1. The largest absolute Gasteiger partial charge is 0.304 e. The van der Waals surface area contributed by atoms with Crippen LogP contribution in [0.3, 0.4) is 0 Å². The van der Waals surface area contributed by atoms with E-state index in [-0.39, 0.29) is 0 Å². The van der Waals surface area contributed by atoms with Crippen molar-refractivity contribution in [3.8, 4) is 0 Å². The number of aryl methyl sites for hydroxylation is 2. The Balaban J connectivity index is 1.73. The first-order chi connectivity index (χ1) is 8.33. The van der Waals surface area contributed by atoms with E-state index in [0.29, 0.717) is 6.04 Å². The fraction of sp³-hybridized carbons (Fsp3) is 0.357. The van der Waals surface area contributed by atoms with Gasteiger partial charge in [0.25, 0.3) is 0 Å². The van der Waals surface area contributed by atoms with Gasteiger partial charge in [0.15, 0.2) is 0 Å². The molecule has 88 valence electrons. The average Bonchev–Trinajstić information content (AvgIpc) is 2.94. The van der Waals surface area contributed by atoms with Crippen LogP contribution < -0.4 is 5.32 Å². The van der Waals surface area contributed by atoms with Gasteiger partial charge in [0.1, 0.15) is 0 Å². The van der Waals surface area contributed by atoms with E-state index < -0.39 is 0 Å². The first-order valence-electron chi connectivity index (χ1n) is 6.03. The topological polar surface area (TPSA) is 24.9 Å². The van der Waals surface area contributed by atoms with Crippen molar-refractivity contribution in [3.63, 3.8) is 0 Å². The molecule has 3 rings (SSSR count). The highest BCUT2D eigenvalue weighted by atomic mass is 32.1. The van der Waals surface area contributed by atoms with E-state index in [0.717, 1.165) is 12.2 Å². The van der Waals surface area contributed by atoms with Gasteiger partial charge in [0.2, 0.25) is 0 Å². The highest BCUT2D eigenvalue weighted by Gasteiger charge is 2.21. The molecular weight excluding hydrogens is 228 g/mol. The lowest BCUT2D eigenvalue weighted by Gasteiger charge is -2.13. The summed E-state index contributed by atoms with van der Waals surface area (Å²) in [6.07, 6.45) is 2.41. The SMILES string of the molecule is Cc1ccc2c(c1)C(NCc1cscn1)CC2. The summed E-state index contributed by atoms with van der Waals surface area (Å²) in [6, 6.07) is 7.31. The molecule has 2 nitrogen and oxygen atoms in total. The van der Waals surface area contributed by atoms with Crippen LogP contribution in [0.4, 0.5) is 0 Å². The molecule has 0 spiro atoms. The molecule has 1 aromatic heterocycles. The maximum absolute atomic E-state index is 4.31. The summed E-state index contributed by atoms with van der Waals surface area (Å²) < 4.78 is 0. The molecule has 0 fully saturated rings. The molecule has 1 N–H and O–H groups in total. The minimum Gasteiger partial charge on any atom is -0.304 e. The van der Waals surface area contributed by atoms with Crippen molar-refractivity contribution in [1.82, 2.24) is 10.3 Å². The third kappa shape index (κ3) is 2.26. The standard InChI is InChI=1S/C14H16N2S/c1-10-2-3-11-4-5-14(13(11)6-10)15-7-12-8-17-9-16-12/h2-3,6,8-9,14-15H,4-5,7H2,1H3. The van der Waals surface area contributed by atoms with Gasteiger partial charge in [-0.25, -0.2) is 4.98 Å². The van der Waals surface area contributed by atoms with Crippen molar-refractivity contribution in [1.29, 1.82) is 0 Å². The van der Waals surface area contributed by atoms with Gasteiger partial charge < -0.3 is 5.32 Å². The van der Waals surface area contributed by atoms with Crippen LogP contribution in [0, 0.1) is 6.92 Å². The number of fused-ring (bicyclic) bond motifs is 1. The summed E-state index contributed by atoms with van der Waals surface area (Å²) in [6.45, 7) is 3.04. The lowest BCUT2D eigenvalue weighted by Crippen LogP contribution is -2.18. The molecule has 1 aliphatic carbocycles. The fourth-order valence-corrected chi connectivity index (χ4v) is 3.04. The molecule has 1 aromatic carbocycles. The molecule has 1 heterocycles. The maximum Gasteiger partial charge on any atom is 0.0795 e. The Morgan fingerprint density at radius 3 is 3.24 bits per heavy atom. The summed E-state index contributed by atoms with van der Waals surface area (Å²) in [7, 11) is 0. The van der Waals surface area contributed by atoms with Crippen molar-refractivity contribution >= 4 is 11.3 Å². The summed E-state index contributed by atoms with van der Waals surface area (Å²) in [5.74, 6) is 0. The van der Waals surface area contributed by atoms with Crippen molar-refractivity contribution < 1.29 is 0 Å². The lowest BCUT2D eigenvalue weighted by molar-refractivity contribution is 0.526. The zero-order chi connectivity index (χ0) is 11.7. The van der Waals surface area contributed by atoms with E-state index in [4.69, 9.17) is 0 Å². The van der Waals surface area contributed by atoms with Crippen LogP contribution in [0.1, 0.15) is 34.8 Å². The van der Waals surface area contributed by atoms with Crippen LogP contribution >= 0.6 is 11.3 Å². The average molecular weight is 244 g/mol. The van der Waals surface area contributed by atoms with Gasteiger partial charge >= 0.3 is 0 Å². The van der Waals surface area contributed by atoms with Gasteiger partial charge in [-0.05, 0) is 30.9 Å². The van der Waals surface area contributed by atoms with Gasteiger partial charge in [0, 0.05) is 18.0 Å². The normalized spacial score (nSPS) is 18.3. The van der Waals surface area contributed by atoms with Crippen molar-refractivity contribution in [3.05, 3.63) is 51.5 Å². The Morgan fingerprint density at radius 1 is 1.47 bits per heavy atom. The van der Waals surface area contributed by atoms with Gasteiger partial charge in [-0.15, -0.1) is 11.3 Å². The molecule has 0 amide bonds. The molecule has 1 aliphatic rings. The van der Waals surface area contributed by atoms with Crippen molar-refractivity contribution in [2.45, 2.75) is 32.4 Å². The molecule has 0 saturated carbocycles. The zero-order valence-corrected chi connectivity index (χ0v) is 10.8. The molecule has 0 saturated heterocycles. The molecule has 3 heteroatoms.